The molecule has 45 heavy (non-hydrogen) atoms. The number of hydrogen-bond donors (Lipinski definition) is 5. The monoisotopic (exact) mass is 633 g/mol. The molecule has 0 radical (unpaired) electrons. The number of amides is 1. The van der Waals surface area contributed by atoms with Crippen LogP contribution in [0.15, 0.2) is 36.5 Å². The summed E-state index contributed by atoms with van der Waals surface area (Å²) in [5, 5.41) is 43.5. The van der Waals surface area contributed by atoms with Crippen molar-refractivity contribution < 1.29 is 30.0 Å². The second-order valence-electron chi connectivity index (χ2n) is 13.1. The molecule has 1 rings (SSSR count). The minimum atomic E-state index is -0.918. The average Bonchev–Trinajstić information content (AvgIpc) is 3.29. The molecule has 0 spiro atoms. The third-order valence-corrected chi connectivity index (χ3v) is 8.96. The maximum Gasteiger partial charge on any atom is 0.220 e. The Morgan fingerprint density at radius 1 is 0.822 bits per heavy atom. The molecule has 0 aromatic carbocycles. The summed E-state index contributed by atoms with van der Waals surface area (Å²) in [4.78, 5) is 24.9. The minimum absolute atomic E-state index is 0.0940. The first-order valence-corrected chi connectivity index (χ1v) is 18.3. The highest BCUT2D eigenvalue weighted by Crippen LogP contribution is 2.34. The molecule has 1 saturated carbocycles. The topological polar surface area (TPSA) is 127 Å². The maximum atomic E-state index is 12.5. The third-order valence-electron chi connectivity index (χ3n) is 8.96. The number of carbonyl (C=O) groups is 2. The number of nitrogens with one attached hydrogen (secondary N) is 1. The summed E-state index contributed by atoms with van der Waals surface area (Å²) < 4.78 is 0. The van der Waals surface area contributed by atoms with Gasteiger partial charge in [-0.25, -0.2) is 0 Å². The molecular weight excluding hydrogens is 566 g/mol. The van der Waals surface area contributed by atoms with Gasteiger partial charge in [-0.2, -0.15) is 0 Å². The minimum Gasteiger partial charge on any atom is -0.394 e. The van der Waals surface area contributed by atoms with Gasteiger partial charge in [0.05, 0.1) is 31.0 Å². The van der Waals surface area contributed by atoms with Crippen molar-refractivity contribution in [1.82, 2.24) is 5.32 Å². The summed E-state index contributed by atoms with van der Waals surface area (Å²) in [6.45, 7) is 4.00. The summed E-state index contributed by atoms with van der Waals surface area (Å²) in [6.07, 6.45) is 29.7. The number of carbonyl (C=O) groups excluding carboxylic acids is 2. The summed E-state index contributed by atoms with van der Waals surface area (Å²) in [6, 6.07) is -0.713. The molecule has 1 aliphatic carbocycles. The highest BCUT2D eigenvalue weighted by molar-refractivity contribution is 5.84. The van der Waals surface area contributed by atoms with Gasteiger partial charge in [0.2, 0.25) is 5.91 Å². The van der Waals surface area contributed by atoms with Crippen LogP contribution in [0.4, 0.5) is 0 Å². The Bertz CT molecular complexity index is 840. The molecular formula is C38H67NO6. The predicted octanol–water partition coefficient (Wildman–Crippen LogP) is 7.26. The van der Waals surface area contributed by atoms with E-state index in [0.29, 0.717) is 25.7 Å². The van der Waals surface area contributed by atoms with Crippen molar-refractivity contribution in [3.8, 4) is 0 Å². The van der Waals surface area contributed by atoms with Crippen molar-refractivity contribution in [3.05, 3.63) is 36.5 Å². The molecule has 0 aromatic rings. The van der Waals surface area contributed by atoms with Crippen molar-refractivity contribution >= 4 is 11.7 Å². The fourth-order valence-electron chi connectivity index (χ4n) is 6.07. The van der Waals surface area contributed by atoms with E-state index in [-0.39, 0.29) is 36.6 Å². The van der Waals surface area contributed by atoms with Gasteiger partial charge >= 0.3 is 0 Å². The lowest BCUT2D eigenvalue weighted by Crippen LogP contribution is -2.45. The van der Waals surface area contributed by atoms with Crippen LogP contribution in [0.25, 0.3) is 0 Å². The molecule has 6 atom stereocenters. The number of ketones is 1. The Labute approximate surface area is 274 Å². The van der Waals surface area contributed by atoms with Gasteiger partial charge in [0.15, 0.2) is 0 Å². The maximum absolute atomic E-state index is 12.5. The molecule has 0 unspecified atom stereocenters. The van der Waals surface area contributed by atoms with Crippen LogP contribution in [0.1, 0.15) is 149 Å². The van der Waals surface area contributed by atoms with Crippen molar-refractivity contribution in [2.75, 3.05) is 6.61 Å². The van der Waals surface area contributed by atoms with Crippen LogP contribution in [-0.4, -0.2) is 63.1 Å². The van der Waals surface area contributed by atoms with Gasteiger partial charge in [-0.1, -0.05) is 121 Å². The lowest BCUT2D eigenvalue weighted by Gasteiger charge is -2.20. The molecule has 7 nitrogen and oxygen atoms in total. The molecule has 1 aliphatic rings. The zero-order valence-corrected chi connectivity index (χ0v) is 28.6. The highest BCUT2D eigenvalue weighted by Gasteiger charge is 2.39. The number of aliphatic hydroxyl groups excluding tert-OH is 4. The zero-order valence-electron chi connectivity index (χ0n) is 28.6. The van der Waals surface area contributed by atoms with Gasteiger partial charge in [-0.3, -0.25) is 9.59 Å². The van der Waals surface area contributed by atoms with Crippen LogP contribution in [0.2, 0.25) is 0 Å². The molecule has 0 aliphatic heterocycles. The fraction of sp³-hybridized carbons (Fsp3) is 0.789. The lowest BCUT2D eigenvalue weighted by molar-refractivity contribution is -0.123. The normalized spacial score (nSPS) is 20.9. The van der Waals surface area contributed by atoms with E-state index in [9.17, 15) is 30.0 Å². The number of rotatable bonds is 28. The Morgan fingerprint density at radius 2 is 1.47 bits per heavy atom. The molecule has 7 heteroatoms. The van der Waals surface area contributed by atoms with Gasteiger partial charge in [-0.15, -0.1) is 0 Å². The molecule has 0 heterocycles. The first-order valence-electron chi connectivity index (χ1n) is 18.3. The SMILES string of the molecule is CCC/C=C\CCCCCCCC/C=C/[C@@H](O)[C@H](CO)NC(=O)CCCCCC[C@H]1C(=O)C[C@@H](O)[C@@H]1/C=C/[C@@H](O)CCCCC. The van der Waals surface area contributed by atoms with E-state index in [0.717, 1.165) is 51.4 Å². The smallest absolute Gasteiger partial charge is 0.220 e. The lowest BCUT2D eigenvalue weighted by atomic mass is 9.88. The second kappa shape index (κ2) is 27.3. The number of Topliss-reactive ketones (excluding diaryl/α,β-unsaturated/α-hetero) is 1. The number of allylic oxidation sites excluding steroid dienone is 3. The molecule has 260 valence electrons. The van der Waals surface area contributed by atoms with Crippen molar-refractivity contribution in [1.29, 1.82) is 0 Å². The largest absolute Gasteiger partial charge is 0.394 e. The van der Waals surface area contributed by atoms with Crippen LogP contribution in [-0.2, 0) is 9.59 Å². The first-order chi connectivity index (χ1) is 21.8. The molecule has 1 amide bonds. The Balaban J connectivity index is 2.20. The second-order valence-corrected chi connectivity index (χ2v) is 13.1. The third kappa shape index (κ3) is 20.1. The summed E-state index contributed by atoms with van der Waals surface area (Å²) in [5.41, 5.74) is 0. The van der Waals surface area contributed by atoms with E-state index in [1.165, 1.54) is 51.4 Å². The molecule has 1 fully saturated rings. The predicted molar refractivity (Wildman–Crippen MR) is 185 cm³/mol. The highest BCUT2D eigenvalue weighted by atomic mass is 16.3. The van der Waals surface area contributed by atoms with Crippen LogP contribution in [0.5, 0.6) is 0 Å². The molecule has 5 N–H and O–H groups in total. The van der Waals surface area contributed by atoms with Gasteiger partial charge in [0, 0.05) is 24.7 Å². The Morgan fingerprint density at radius 3 is 2.16 bits per heavy atom. The van der Waals surface area contributed by atoms with Gasteiger partial charge in [0.25, 0.3) is 0 Å². The fourth-order valence-corrected chi connectivity index (χ4v) is 6.07. The van der Waals surface area contributed by atoms with E-state index in [1.54, 1.807) is 12.2 Å². The van der Waals surface area contributed by atoms with Crippen LogP contribution >= 0.6 is 0 Å². The van der Waals surface area contributed by atoms with E-state index < -0.39 is 24.4 Å². The van der Waals surface area contributed by atoms with Gasteiger partial charge in [-0.05, 0) is 51.4 Å². The molecule has 0 saturated heterocycles. The molecule has 0 aromatic heterocycles. The number of unbranched alkanes of at least 4 members (excludes halogenated alkanes) is 13. The zero-order chi connectivity index (χ0) is 33.1. The Kier molecular flexibility index (Phi) is 25.0. The Hall–Kier alpha value is -1.80. The first kappa shape index (κ1) is 41.2. The number of aliphatic hydroxyl groups is 4. The quantitative estimate of drug-likeness (QED) is 0.0456. The number of hydrogen-bond acceptors (Lipinski definition) is 6. The van der Waals surface area contributed by atoms with E-state index >= 15 is 0 Å². The van der Waals surface area contributed by atoms with Gasteiger partial charge in [0.1, 0.15) is 5.78 Å². The van der Waals surface area contributed by atoms with Crippen molar-refractivity contribution in [2.45, 2.75) is 173 Å². The van der Waals surface area contributed by atoms with Crippen LogP contribution < -0.4 is 5.32 Å². The molecule has 0 bridgehead atoms. The average molecular weight is 634 g/mol. The van der Waals surface area contributed by atoms with Crippen LogP contribution in [0.3, 0.4) is 0 Å². The van der Waals surface area contributed by atoms with E-state index in [2.05, 4.69) is 31.3 Å². The van der Waals surface area contributed by atoms with Crippen LogP contribution in [0, 0.1) is 11.8 Å². The van der Waals surface area contributed by atoms with Crippen molar-refractivity contribution in [2.24, 2.45) is 11.8 Å². The van der Waals surface area contributed by atoms with E-state index in [4.69, 9.17) is 0 Å². The summed E-state index contributed by atoms with van der Waals surface area (Å²) >= 11 is 0. The summed E-state index contributed by atoms with van der Waals surface area (Å²) in [7, 11) is 0. The van der Waals surface area contributed by atoms with Crippen molar-refractivity contribution in [3.63, 3.8) is 0 Å². The van der Waals surface area contributed by atoms with E-state index in [1.807, 2.05) is 12.2 Å². The van der Waals surface area contributed by atoms with Gasteiger partial charge < -0.3 is 25.7 Å². The standard InChI is InChI=1S/C38H67NO6/c1-3-5-7-8-9-10-11-12-13-14-15-16-21-25-35(42)34(30-40)39-38(45)26-22-18-17-20-24-32-33(37(44)29-36(32)43)28-27-31(41)23-19-6-4-2/h7-8,21,25,27-28,31-35,37,40-42,44H,3-6,9-20,22-24,26,29-30H2,1-2H3,(H,39,45)/b8-7-,25-21+,28-27+/t31-,32+,33+,34-,35+,37+/m0/s1. The summed E-state index contributed by atoms with van der Waals surface area (Å²) in [5.74, 6) is -0.539.